The largest absolute Gasteiger partial charge is 0.509 e. The first-order valence-corrected chi connectivity index (χ1v) is 25.8. The van der Waals surface area contributed by atoms with Crippen molar-refractivity contribution in [3.05, 3.63) is 119 Å². The van der Waals surface area contributed by atoms with Gasteiger partial charge >= 0.3 is 24.1 Å². The van der Waals surface area contributed by atoms with E-state index < -0.39 is 121 Å². The molecule has 68 heavy (non-hydrogen) atoms. The number of esters is 3. The van der Waals surface area contributed by atoms with Gasteiger partial charge in [0.15, 0.2) is 31.6 Å². The van der Waals surface area contributed by atoms with Gasteiger partial charge < -0.3 is 38.0 Å². The van der Waals surface area contributed by atoms with Crippen molar-refractivity contribution in [2.45, 2.75) is 141 Å². The van der Waals surface area contributed by atoms with Crippen LogP contribution in [-0.4, -0.2) is 97.4 Å². The van der Waals surface area contributed by atoms with Gasteiger partial charge in [-0.3, -0.25) is 19.2 Å². The quantitative estimate of drug-likeness (QED) is 0.0382. The summed E-state index contributed by atoms with van der Waals surface area (Å²) in [6.45, 7) is 13.3. The molecule has 16 heteroatoms. The summed E-state index contributed by atoms with van der Waals surface area (Å²) in [4.78, 5) is 85.9. The van der Waals surface area contributed by atoms with Gasteiger partial charge in [-0.2, -0.15) is 0 Å². The van der Waals surface area contributed by atoms with Gasteiger partial charge in [-0.1, -0.05) is 83.1 Å². The predicted molar refractivity (Wildman–Crippen MR) is 246 cm³/mol. The van der Waals surface area contributed by atoms with Gasteiger partial charge in [-0.25, -0.2) is 14.0 Å². The number of fused-ring (bicyclic) bond motifs is 5. The van der Waals surface area contributed by atoms with Crippen molar-refractivity contribution in [3.8, 4) is 0 Å². The van der Waals surface area contributed by atoms with Gasteiger partial charge in [0.25, 0.3) is 0 Å². The van der Waals surface area contributed by atoms with Crippen LogP contribution >= 0.6 is 0 Å². The van der Waals surface area contributed by atoms with Crippen LogP contribution in [0.3, 0.4) is 0 Å². The van der Waals surface area contributed by atoms with Crippen LogP contribution in [0.15, 0.2) is 96.1 Å². The molecule has 0 aromatic heterocycles. The van der Waals surface area contributed by atoms with Crippen molar-refractivity contribution in [2.24, 2.45) is 16.7 Å². The Bertz CT molecular complexity index is 2430. The average molecular weight is 957 g/mol. The van der Waals surface area contributed by atoms with Gasteiger partial charge in [-0.05, 0) is 85.1 Å². The highest BCUT2D eigenvalue weighted by Gasteiger charge is 2.79. The number of halogens is 1. The molecule has 0 radical (unpaired) electrons. The summed E-state index contributed by atoms with van der Waals surface area (Å²) in [6.07, 6.45) is -9.41. The zero-order chi connectivity index (χ0) is 49.4. The lowest BCUT2D eigenvalue weighted by Crippen LogP contribution is -2.82. The van der Waals surface area contributed by atoms with E-state index in [1.807, 2.05) is 20.8 Å². The highest BCUT2D eigenvalue weighted by atomic mass is 28.4. The summed E-state index contributed by atoms with van der Waals surface area (Å²) in [5, 5.41) is 14.1. The number of ketones is 2. The molecule has 1 N–H and O–H groups in total. The number of benzene rings is 3. The molecular formula is C52H61FO14Si. The molecule has 3 aromatic rings. The van der Waals surface area contributed by atoms with E-state index in [1.165, 1.54) is 31.2 Å². The van der Waals surface area contributed by atoms with Gasteiger partial charge in [0.1, 0.15) is 42.8 Å². The fraction of sp³-hybridized carbons (Fsp3) is 0.500. The maximum atomic E-state index is 16.5. The topological polar surface area (TPSA) is 187 Å². The number of carbonyl (C=O) groups excluding carboxylic acids is 6. The fourth-order valence-electron chi connectivity index (χ4n) is 11.2. The molecule has 3 fully saturated rings. The molecule has 3 aliphatic carbocycles. The standard InChI is InChI=1S/C52H61FO14Si/c1-9-68(10-2,11-3)67-39-27-40-51(30-62-40,66-32(5)54)44-46(65-47(58)35-20-16-13-17-21-35)52(60)28-38(63-41(56)26-37(55)34-22-24-36(53)25-23-34)31(4)42(49(52,6)7)43(45(57)50(39,44)8)64-48(59)61-29-33-18-14-12-15-19-33/h12-25,38-40,43-44,46,60H,9-11,26-30H2,1-8H3/t38-,39-,40+,43+,44?,46-,50+,51-,52+/m0/s1. The molecule has 0 amide bonds. The SMILES string of the molecule is CC[Si](CC)(CC)O[C@H]1C[C@H]2OC[C@@]2(OC(C)=O)C2[C@H](OC(=O)c3ccccc3)[C@]3(O)C[C@H](OC(=O)CC(=O)c4ccc(F)cc4)C(C)=C([C@@H](OC(=O)OCc4ccccc4)C(=O)[C@@]21C)C3(C)C. The fourth-order valence-corrected chi connectivity index (χ4v) is 14.2. The van der Waals surface area contributed by atoms with E-state index in [0.717, 1.165) is 12.1 Å². The molecule has 364 valence electrons. The van der Waals surface area contributed by atoms with Crippen LogP contribution in [0.25, 0.3) is 0 Å². The Balaban J connectivity index is 1.46. The number of rotatable bonds is 15. The van der Waals surface area contributed by atoms with Crippen LogP contribution < -0.4 is 0 Å². The van der Waals surface area contributed by atoms with E-state index in [-0.39, 0.29) is 41.9 Å². The predicted octanol–water partition coefficient (Wildman–Crippen LogP) is 8.44. The highest BCUT2D eigenvalue weighted by molar-refractivity contribution is 6.73. The zero-order valence-electron chi connectivity index (χ0n) is 39.8. The van der Waals surface area contributed by atoms with Crippen LogP contribution in [0.1, 0.15) is 101 Å². The Morgan fingerprint density at radius 1 is 0.838 bits per heavy atom. The lowest BCUT2D eigenvalue weighted by atomic mass is 9.44. The number of carbonyl (C=O) groups is 6. The summed E-state index contributed by atoms with van der Waals surface area (Å²) in [6, 6.07) is 23.5. The first-order chi connectivity index (χ1) is 32.2. The van der Waals surface area contributed by atoms with Crippen molar-refractivity contribution >= 4 is 43.9 Å². The van der Waals surface area contributed by atoms with Gasteiger partial charge in [0.05, 0.1) is 29.6 Å². The molecule has 0 spiro atoms. The van der Waals surface area contributed by atoms with Gasteiger partial charge in [0, 0.05) is 30.7 Å². The molecule has 7 rings (SSSR count). The molecule has 3 aromatic carbocycles. The smallest absolute Gasteiger partial charge is 0.457 e. The molecule has 2 saturated carbocycles. The van der Waals surface area contributed by atoms with Crippen LogP contribution in [0, 0.1) is 22.6 Å². The van der Waals surface area contributed by atoms with E-state index in [4.69, 9.17) is 32.8 Å². The minimum Gasteiger partial charge on any atom is -0.457 e. The summed E-state index contributed by atoms with van der Waals surface area (Å²) >= 11 is 0. The molecule has 9 atom stereocenters. The average Bonchev–Trinajstić information content (AvgIpc) is 3.31. The Morgan fingerprint density at radius 3 is 2.03 bits per heavy atom. The van der Waals surface area contributed by atoms with Crippen molar-refractivity contribution in [1.82, 2.24) is 0 Å². The molecule has 1 heterocycles. The van der Waals surface area contributed by atoms with Crippen LogP contribution in [0.4, 0.5) is 9.18 Å². The molecule has 1 saturated heterocycles. The minimum atomic E-state index is -2.67. The minimum absolute atomic E-state index is 0.0354. The number of hydrogen-bond donors (Lipinski definition) is 1. The number of aliphatic hydroxyl groups is 1. The van der Waals surface area contributed by atoms with Crippen LogP contribution in [0.5, 0.6) is 0 Å². The van der Waals surface area contributed by atoms with Crippen LogP contribution in [-0.2, 0) is 53.8 Å². The maximum Gasteiger partial charge on any atom is 0.509 e. The Hall–Kier alpha value is -5.55. The summed E-state index contributed by atoms with van der Waals surface area (Å²) in [5.41, 5.74) is -6.61. The Morgan fingerprint density at radius 2 is 1.46 bits per heavy atom. The van der Waals surface area contributed by atoms with Gasteiger partial charge in [0.2, 0.25) is 0 Å². The zero-order valence-corrected chi connectivity index (χ0v) is 40.8. The molecule has 1 aliphatic heterocycles. The van der Waals surface area contributed by atoms with Crippen molar-refractivity contribution in [1.29, 1.82) is 0 Å². The monoisotopic (exact) mass is 956 g/mol. The van der Waals surface area contributed by atoms with E-state index in [0.29, 0.717) is 23.7 Å². The molecule has 4 aliphatic rings. The normalized spacial score (nSPS) is 29.4. The van der Waals surface area contributed by atoms with Crippen molar-refractivity contribution in [3.63, 3.8) is 0 Å². The first-order valence-electron chi connectivity index (χ1n) is 23.3. The van der Waals surface area contributed by atoms with Gasteiger partial charge in [-0.15, -0.1) is 0 Å². The summed E-state index contributed by atoms with van der Waals surface area (Å²) < 4.78 is 58.3. The Labute approximate surface area is 396 Å². The van der Waals surface area contributed by atoms with E-state index in [2.05, 4.69) is 0 Å². The van der Waals surface area contributed by atoms with Crippen molar-refractivity contribution in [2.75, 3.05) is 6.61 Å². The third kappa shape index (κ3) is 8.96. The van der Waals surface area contributed by atoms with Crippen LogP contribution in [0.2, 0.25) is 18.1 Å². The molecule has 2 bridgehead atoms. The lowest BCUT2D eigenvalue weighted by Gasteiger charge is -2.68. The summed E-state index contributed by atoms with van der Waals surface area (Å²) in [5.74, 6) is -6.07. The van der Waals surface area contributed by atoms with E-state index in [9.17, 15) is 33.5 Å². The number of Topliss-reactive ketones (excluding diaryl/α,β-unsaturated/α-hetero) is 2. The molecule has 1 unspecified atom stereocenters. The molecular weight excluding hydrogens is 896 g/mol. The second kappa shape index (κ2) is 19.4. The molecule has 14 nitrogen and oxygen atoms in total. The summed E-state index contributed by atoms with van der Waals surface area (Å²) in [7, 11) is -2.67. The van der Waals surface area contributed by atoms with Crippen molar-refractivity contribution < 1.29 is 71.1 Å². The third-order valence-electron chi connectivity index (χ3n) is 15.4. The maximum absolute atomic E-state index is 16.5. The highest BCUT2D eigenvalue weighted by Crippen LogP contribution is 2.65. The first kappa shape index (κ1) is 50.3. The third-order valence-corrected chi connectivity index (χ3v) is 20.0. The Kier molecular flexibility index (Phi) is 14.4. The van der Waals surface area contributed by atoms with E-state index in [1.54, 1.807) is 76.2 Å². The van der Waals surface area contributed by atoms with E-state index >= 15 is 4.79 Å². The second-order valence-corrected chi connectivity index (χ2v) is 23.9. The number of ether oxygens (including phenoxy) is 6. The number of hydrogen-bond acceptors (Lipinski definition) is 14. The second-order valence-electron chi connectivity index (χ2n) is 19.2. The lowest BCUT2D eigenvalue weighted by molar-refractivity contribution is -0.344.